The summed E-state index contributed by atoms with van der Waals surface area (Å²) in [5.74, 6) is 0.386. The minimum absolute atomic E-state index is 0.000495. The molecule has 0 N–H and O–H groups in total. The highest BCUT2D eigenvalue weighted by atomic mass is 16.7. The molecule has 49 heavy (non-hydrogen) atoms. The van der Waals surface area contributed by atoms with Gasteiger partial charge in [-0.25, -0.2) is 9.97 Å². The van der Waals surface area contributed by atoms with Crippen molar-refractivity contribution in [2.75, 3.05) is 0 Å². The first kappa shape index (κ1) is 24.7. The summed E-state index contributed by atoms with van der Waals surface area (Å²) in [7, 11) is -0.710. The maximum absolute atomic E-state index is 9.84. The number of hydrogen-bond acceptors (Lipinski definition) is 4. The zero-order chi connectivity index (χ0) is 38.8. The van der Waals surface area contributed by atoms with Gasteiger partial charge in [-0.15, -0.1) is 0 Å². The number of nitrogens with zero attached hydrogens (tertiary/aromatic N) is 2. The molecular formula is C44H37BN2O2. The summed E-state index contributed by atoms with van der Waals surface area (Å²) in [6.45, 7) is 7.89. The van der Waals surface area contributed by atoms with E-state index in [9.17, 15) is 2.74 Å². The van der Waals surface area contributed by atoms with Crippen LogP contribution in [-0.2, 0) is 9.31 Å². The average Bonchev–Trinajstić information content (AvgIpc) is 3.42. The van der Waals surface area contributed by atoms with E-state index in [0.29, 0.717) is 22.5 Å². The van der Waals surface area contributed by atoms with Crippen LogP contribution in [0.2, 0.25) is 0 Å². The molecule has 0 unspecified atom stereocenters. The second kappa shape index (κ2) is 12.3. The van der Waals surface area contributed by atoms with Crippen LogP contribution in [0.1, 0.15) is 35.9 Å². The molecule has 1 aromatic heterocycles. The van der Waals surface area contributed by atoms with Crippen LogP contribution in [0.15, 0.2) is 152 Å². The smallest absolute Gasteiger partial charge is 0.399 e. The van der Waals surface area contributed by atoms with Crippen molar-refractivity contribution < 1.29 is 17.5 Å². The topological polar surface area (TPSA) is 44.2 Å². The Morgan fingerprint density at radius 1 is 0.551 bits per heavy atom. The first-order valence-corrected chi connectivity index (χ1v) is 16.4. The van der Waals surface area contributed by atoms with Gasteiger partial charge in [-0.3, -0.25) is 0 Å². The fraction of sp³-hybridized carbons (Fsp3) is 0.136. The largest absolute Gasteiger partial charge is 0.494 e. The van der Waals surface area contributed by atoms with Gasteiger partial charge in [0.05, 0.1) is 30.8 Å². The van der Waals surface area contributed by atoms with Crippen LogP contribution >= 0.6 is 0 Å². The zero-order valence-corrected chi connectivity index (χ0v) is 27.8. The van der Waals surface area contributed by atoms with Crippen molar-refractivity contribution in [2.24, 2.45) is 0 Å². The van der Waals surface area contributed by atoms with E-state index in [1.165, 1.54) is 0 Å². The Kier molecular flexibility index (Phi) is 6.19. The van der Waals surface area contributed by atoms with Gasteiger partial charge in [0.15, 0.2) is 5.82 Å². The number of rotatable bonds is 6. The van der Waals surface area contributed by atoms with E-state index in [-0.39, 0.29) is 51.8 Å². The SMILES string of the molecule is [2H]c1c([2H])c([2H])c2c(-c3cccc(B4OC(C)(C)C(C)(C)O4)c3)c([2H])c(-c3cc(-c4cccc(-c5ccccc5)c4)nc(-c4ccccc4)n3)c([2H])c2c1[2H]. The second-order valence-electron chi connectivity index (χ2n) is 13.2. The van der Waals surface area contributed by atoms with Crippen molar-refractivity contribution in [2.45, 2.75) is 38.9 Å². The summed E-state index contributed by atoms with van der Waals surface area (Å²) >= 11 is 0. The Hall–Kier alpha value is -5.36. The first-order chi connectivity index (χ1) is 26.3. The van der Waals surface area contributed by atoms with E-state index >= 15 is 0 Å². The molecule has 0 radical (unpaired) electrons. The van der Waals surface area contributed by atoms with Gasteiger partial charge in [-0.1, -0.05) is 127 Å². The minimum Gasteiger partial charge on any atom is -0.399 e. The summed E-state index contributed by atoms with van der Waals surface area (Å²) in [5, 5.41) is 0.0875. The van der Waals surface area contributed by atoms with Crippen LogP contribution in [0, 0.1) is 0 Å². The Labute approximate surface area is 297 Å². The molecule has 0 saturated carbocycles. The van der Waals surface area contributed by atoms with Crippen LogP contribution in [0.5, 0.6) is 0 Å². The maximum atomic E-state index is 9.84. The van der Waals surface area contributed by atoms with Crippen molar-refractivity contribution in [1.29, 1.82) is 0 Å². The third kappa shape index (κ3) is 5.97. The van der Waals surface area contributed by atoms with Crippen LogP contribution in [0.25, 0.3) is 66.9 Å². The quantitative estimate of drug-likeness (QED) is 0.169. The van der Waals surface area contributed by atoms with Gasteiger partial charge >= 0.3 is 7.12 Å². The number of fused-ring (bicyclic) bond motifs is 1. The lowest BCUT2D eigenvalue weighted by atomic mass is 9.77. The molecule has 2 heterocycles. The Balaban J connectivity index is 1.40. The molecule has 1 aliphatic heterocycles. The molecule has 7 aromatic rings. The first-order valence-electron chi connectivity index (χ1n) is 19.4. The van der Waals surface area contributed by atoms with Crippen molar-refractivity contribution in [1.82, 2.24) is 9.97 Å². The fourth-order valence-electron chi connectivity index (χ4n) is 6.03. The molecule has 0 aliphatic carbocycles. The van der Waals surface area contributed by atoms with Crippen molar-refractivity contribution >= 4 is 23.4 Å². The monoisotopic (exact) mass is 642 g/mol. The zero-order valence-electron chi connectivity index (χ0n) is 33.8. The van der Waals surface area contributed by atoms with Gasteiger partial charge in [-0.2, -0.15) is 0 Å². The number of aromatic nitrogens is 2. The van der Waals surface area contributed by atoms with Gasteiger partial charge in [0, 0.05) is 16.7 Å². The van der Waals surface area contributed by atoms with E-state index < -0.39 is 30.4 Å². The van der Waals surface area contributed by atoms with E-state index in [1.54, 1.807) is 12.1 Å². The van der Waals surface area contributed by atoms with Gasteiger partial charge < -0.3 is 9.31 Å². The van der Waals surface area contributed by atoms with E-state index in [2.05, 4.69) is 0 Å². The van der Waals surface area contributed by atoms with E-state index in [4.69, 9.17) is 24.8 Å². The Morgan fingerprint density at radius 2 is 1.14 bits per heavy atom. The maximum Gasteiger partial charge on any atom is 0.494 e. The van der Waals surface area contributed by atoms with Gasteiger partial charge in [0.1, 0.15) is 0 Å². The van der Waals surface area contributed by atoms with E-state index in [1.807, 2.05) is 131 Å². The molecule has 0 spiro atoms. The molecule has 6 aromatic carbocycles. The average molecular weight is 643 g/mol. The standard InChI is InChI=1S/C44H37BN2O2/c1-43(2)44(3,4)49-45(48-43)37-23-14-21-34(27-37)39-28-36(26-33-19-11-12-24-38(33)39)41-29-40(46-42(47-41)31-17-9-6-10-18-31)35-22-13-20-32(25-35)30-15-7-5-8-16-30/h5-29H,1-4H3/i11D,12D,19D,24D,26D,28D. The molecule has 0 atom stereocenters. The summed E-state index contributed by atoms with van der Waals surface area (Å²) in [4.78, 5) is 9.95. The van der Waals surface area contributed by atoms with Crippen molar-refractivity contribution in [3.05, 3.63) is 152 Å². The molecule has 1 aliphatic rings. The van der Waals surface area contributed by atoms with Gasteiger partial charge in [0.2, 0.25) is 0 Å². The predicted molar refractivity (Wildman–Crippen MR) is 202 cm³/mol. The Bertz CT molecular complexity index is 2620. The van der Waals surface area contributed by atoms with Crippen LogP contribution in [-0.4, -0.2) is 28.3 Å². The summed E-state index contributed by atoms with van der Waals surface area (Å²) in [6, 6.07) is 34.7. The van der Waals surface area contributed by atoms with Gasteiger partial charge in [0.25, 0.3) is 0 Å². The minimum atomic E-state index is -0.710. The van der Waals surface area contributed by atoms with E-state index in [0.717, 1.165) is 22.3 Å². The third-order valence-corrected chi connectivity index (χ3v) is 9.42. The molecule has 8 rings (SSSR count). The molecule has 1 saturated heterocycles. The second-order valence-corrected chi connectivity index (χ2v) is 13.2. The summed E-state index contributed by atoms with van der Waals surface area (Å²) in [6.07, 6.45) is 0. The molecule has 0 bridgehead atoms. The van der Waals surface area contributed by atoms with Crippen LogP contribution < -0.4 is 5.46 Å². The summed E-state index contributed by atoms with van der Waals surface area (Å²) in [5.41, 5.74) is 4.81. The van der Waals surface area contributed by atoms with Crippen molar-refractivity contribution in [3.8, 4) is 56.2 Å². The van der Waals surface area contributed by atoms with Gasteiger partial charge in [-0.05, 0) is 90.4 Å². The number of hydrogen-bond donors (Lipinski definition) is 0. The lowest BCUT2D eigenvalue weighted by Gasteiger charge is -2.32. The highest BCUT2D eigenvalue weighted by Crippen LogP contribution is 2.38. The molecule has 1 fully saturated rings. The Morgan fingerprint density at radius 3 is 1.88 bits per heavy atom. The summed E-state index contributed by atoms with van der Waals surface area (Å²) < 4.78 is 67.4. The third-order valence-electron chi connectivity index (χ3n) is 9.42. The molecule has 5 heteroatoms. The van der Waals surface area contributed by atoms with Crippen LogP contribution in [0.3, 0.4) is 0 Å². The van der Waals surface area contributed by atoms with Crippen LogP contribution in [0.4, 0.5) is 0 Å². The lowest BCUT2D eigenvalue weighted by Crippen LogP contribution is -2.41. The number of benzene rings is 6. The normalized spacial score (nSPS) is 16.8. The lowest BCUT2D eigenvalue weighted by molar-refractivity contribution is 0.00578. The fourth-order valence-corrected chi connectivity index (χ4v) is 6.03. The van der Waals surface area contributed by atoms with Crippen molar-refractivity contribution in [3.63, 3.8) is 0 Å². The predicted octanol–water partition coefficient (Wildman–Crippen LogP) is 10.3. The molecule has 4 nitrogen and oxygen atoms in total. The molecular weight excluding hydrogens is 599 g/mol. The highest BCUT2D eigenvalue weighted by molar-refractivity contribution is 6.62. The molecule has 0 amide bonds. The highest BCUT2D eigenvalue weighted by Gasteiger charge is 2.51. The molecule has 238 valence electrons.